The average molecular weight is 309 g/mol. The second-order valence-corrected chi connectivity index (χ2v) is 4.59. The second-order valence-electron chi connectivity index (χ2n) is 3.68. The van der Waals surface area contributed by atoms with E-state index in [-0.39, 0.29) is 12.0 Å². The van der Waals surface area contributed by atoms with Gasteiger partial charge in [0, 0.05) is 0 Å². The molecule has 1 amide bonds. The summed E-state index contributed by atoms with van der Waals surface area (Å²) in [5, 5.41) is 8.25. The average Bonchev–Trinajstić information content (AvgIpc) is 3.01. The summed E-state index contributed by atoms with van der Waals surface area (Å²) in [7, 11) is 0. The van der Waals surface area contributed by atoms with Crippen LogP contribution in [0.1, 0.15) is 20.8 Å². The van der Waals surface area contributed by atoms with Crippen molar-refractivity contribution in [1.29, 1.82) is 0 Å². The van der Waals surface area contributed by atoms with Crippen LogP contribution in [0.25, 0.3) is 0 Å². The fraction of sp³-hybridized carbons (Fsp3) is 0.385. The molecule has 2 aromatic rings. The van der Waals surface area contributed by atoms with Crippen LogP contribution in [0.5, 0.6) is 5.06 Å². The molecule has 0 bridgehead atoms. The van der Waals surface area contributed by atoms with Crippen molar-refractivity contribution in [2.75, 3.05) is 17.2 Å². The van der Waals surface area contributed by atoms with Gasteiger partial charge < -0.3 is 10.1 Å². The SMILES string of the molecule is CC.CC(COc1cccs1)Nc1ncnc(NC=O)n1. The molecule has 2 N–H and O–H groups in total. The summed E-state index contributed by atoms with van der Waals surface area (Å²) in [6, 6.07) is 3.86. The fourth-order valence-electron chi connectivity index (χ4n) is 1.30. The van der Waals surface area contributed by atoms with E-state index in [9.17, 15) is 4.79 Å². The predicted molar refractivity (Wildman–Crippen MR) is 83.8 cm³/mol. The normalized spacial score (nSPS) is 10.8. The van der Waals surface area contributed by atoms with Crippen LogP contribution in [-0.2, 0) is 4.79 Å². The quantitative estimate of drug-likeness (QED) is 0.763. The first kappa shape index (κ1) is 16.8. The lowest BCUT2D eigenvalue weighted by Gasteiger charge is -2.13. The number of hydrogen-bond acceptors (Lipinski definition) is 7. The number of aromatic nitrogens is 3. The number of carbonyl (C=O) groups excluding carboxylic acids is 1. The van der Waals surface area contributed by atoms with Gasteiger partial charge in [0.15, 0.2) is 5.06 Å². The maximum absolute atomic E-state index is 10.3. The number of rotatable bonds is 7. The summed E-state index contributed by atoms with van der Waals surface area (Å²) in [6.45, 7) is 6.44. The van der Waals surface area contributed by atoms with Crippen molar-refractivity contribution in [1.82, 2.24) is 15.0 Å². The molecule has 0 spiro atoms. The summed E-state index contributed by atoms with van der Waals surface area (Å²) in [5.41, 5.74) is 0. The van der Waals surface area contributed by atoms with Gasteiger partial charge in [0.25, 0.3) is 0 Å². The highest BCUT2D eigenvalue weighted by Crippen LogP contribution is 2.18. The van der Waals surface area contributed by atoms with Crippen molar-refractivity contribution in [2.45, 2.75) is 26.8 Å². The second kappa shape index (κ2) is 9.65. The molecule has 0 radical (unpaired) electrons. The smallest absolute Gasteiger partial charge is 0.233 e. The van der Waals surface area contributed by atoms with Gasteiger partial charge in [-0.3, -0.25) is 10.1 Å². The van der Waals surface area contributed by atoms with E-state index in [0.717, 1.165) is 5.06 Å². The van der Waals surface area contributed by atoms with Crippen LogP contribution in [0.4, 0.5) is 11.9 Å². The maximum atomic E-state index is 10.3. The van der Waals surface area contributed by atoms with Gasteiger partial charge in [0.05, 0.1) is 6.04 Å². The minimum Gasteiger partial charge on any atom is -0.482 e. The van der Waals surface area contributed by atoms with Crippen LogP contribution in [-0.4, -0.2) is 34.0 Å². The zero-order chi connectivity index (χ0) is 15.5. The molecule has 1 unspecified atom stereocenters. The van der Waals surface area contributed by atoms with Crippen molar-refractivity contribution < 1.29 is 9.53 Å². The summed E-state index contributed by atoms with van der Waals surface area (Å²) >= 11 is 1.54. The van der Waals surface area contributed by atoms with Crippen molar-refractivity contribution in [3.8, 4) is 5.06 Å². The summed E-state index contributed by atoms with van der Waals surface area (Å²) < 4.78 is 5.57. The zero-order valence-corrected chi connectivity index (χ0v) is 13.1. The van der Waals surface area contributed by atoms with Crippen molar-refractivity contribution in [2.24, 2.45) is 0 Å². The lowest BCUT2D eigenvalue weighted by atomic mass is 10.4. The molecule has 0 aromatic carbocycles. The standard InChI is InChI=1S/C11H13N5O2S.C2H6/c1-8(5-18-9-3-2-4-19-9)15-11-13-6-12-10(16-11)14-7-17;1-2/h2-4,6-8H,5H2,1H3,(H2,12,13,14,15,16,17);1-2H3. The summed E-state index contributed by atoms with van der Waals surface area (Å²) in [5.74, 6) is 0.598. The van der Waals surface area contributed by atoms with Crippen LogP contribution in [0.15, 0.2) is 23.8 Å². The Labute approximate surface area is 127 Å². The summed E-state index contributed by atoms with van der Waals surface area (Å²) in [6.07, 6.45) is 1.84. The third-order valence-electron chi connectivity index (χ3n) is 2.11. The Hall–Kier alpha value is -2.22. The summed E-state index contributed by atoms with van der Waals surface area (Å²) in [4.78, 5) is 22.1. The molecule has 21 heavy (non-hydrogen) atoms. The molecular formula is C13H19N5O2S. The fourth-order valence-corrected chi connectivity index (χ4v) is 1.89. The van der Waals surface area contributed by atoms with Gasteiger partial charge in [-0.05, 0) is 24.4 Å². The molecule has 114 valence electrons. The number of nitrogens with zero attached hydrogens (tertiary/aromatic N) is 3. The highest BCUT2D eigenvalue weighted by atomic mass is 32.1. The number of nitrogens with one attached hydrogen (secondary N) is 2. The van der Waals surface area contributed by atoms with E-state index < -0.39 is 0 Å². The molecule has 8 heteroatoms. The lowest BCUT2D eigenvalue weighted by molar-refractivity contribution is -0.105. The molecule has 7 nitrogen and oxygen atoms in total. The number of amides is 1. The number of hydrogen-bond donors (Lipinski definition) is 2. The van der Waals surface area contributed by atoms with Gasteiger partial charge >= 0.3 is 0 Å². The molecule has 0 aliphatic heterocycles. The van der Waals surface area contributed by atoms with Gasteiger partial charge in [-0.25, -0.2) is 9.97 Å². The predicted octanol–water partition coefficient (Wildman–Crippen LogP) is 2.41. The van der Waals surface area contributed by atoms with Gasteiger partial charge in [0.2, 0.25) is 18.3 Å². The van der Waals surface area contributed by atoms with E-state index in [1.807, 2.05) is 38.3 Å². The van der Waals surface area contributed by atoms with Crippen molar-refractivity contribution >= 4 is 29.6 Å². The van der Waals surface area contributed by atoms with E-state index in [1.165, 1.54) is 6.33 Å². The van der Waals surface area contributed by atoms with Gasteiger partial charge in [-0.2, -0.15) is 4.98 Å². The molecule has 0 aliphatic carbocycles. The molecule has 0 fully saturated rings. The van der Waals surface area contributed by atoms with E-state index in [4.69, 9.17) is 4.74 Å². The Morgan fingerprint density at radius 3 is 2.81 bits per heavy atom. The largest absolute Gasteiger partial charge is 0.482 e. The van der Waals surface area contributed by atoms with Crippen LogP contribution in [0.3, 0.4) is 0 Å². The first-order valence-electron chi connectivity index (χ1n) is 6.60. The molecular weight excluding hydrogens is 290 g/mol. The molecule has 0 saturated heterocycles. The van der Waals surface area contributed by atoms with E-state index in [0.29, 0.717) is 19.0 Å². The molecule has 0 aliphatic rings. The Bertz CT molecular complexity index is 521. The van der Waals surface area contributed by atoms with Crippen molar-refractivity contribution in [3.63, 3.8) is 0 Å². The van der Waals surface area contributed by atoms with Gasteiger partial charge in [-0.15, -0.1) is 11.3 Å². The minimum atomic E-state index is 0.0218. The lowest BCUT2D eigenvalue weighted by Crippen LogP contribution is -2.24. The van der Waals surface area contributed by atoms with Crippen LogP contribution in [0, 0.1) is 0 Å². The Morgan fingerprint density at radius 1 is 1.38 bits per heavy atom. The highest BCUT2D eigenvalue weighted by Gasteiger charge is 2.06. The number of ether oxygens (including phenoxy) is 1. The molecule has 2 rings (SSSR count). The first-order valence-corrected chi connectivity index (χ1v) is 7.48. The monoisotopic (exact) mass is 309 g/mol. The minimum absolute atomic E-state index is 0.0218. The topological polar surface area (TPSA) is 89.0 Å². The number of carbonyl (C=O) groups is 1. The van der Waals surface area contributed by atoms with Gasteiger partial charge in [-0.1, -0.05) is 13.8 Å². The molecule has 0 saturated carbocycles. The van der Waals surface area contributed by atoms with Gasteiger partial charge in [0.1, 0.15) is 12.9 Å². The molecule has 2 aromatic heterocycles. The Kier molecular flexibility index (Phi) is 7.73. The van der Waals surface area contributed by atoms with E-state index >= 15 is 0 Å². The first-order chi connectivity index (χ1) is 10.3. The zero-order valence-electron chi connectivity index (χ0n) is 12.2. The highest BCUT2D eigenvalue weighted by molar-refractivity contribution is 7.11. The van der Waals surface area contributed by atoms with E-state index in [2.05, 4.69) is 25.6 Å². The Morgan fingerprint density at radius 2 is 2.14 bits per heavy atom. The van der Waals surface area contributed by atoms with Crippen molar-refractivity contribution in [3.05, 3.63) is 23.8 Å². The third-order valence-corrected chi connectivity index (χ3v) is 2.89. The van der Waals surface area contributed by atoms with Crippen LogP contribution < -0.4 is 15.4 Å². The van der Waals surface area contributed by atoms with Crippen LogP contribution >= 0.6 is 11.3 Å². The molecule has 1 atom stereocenters. The third kappa shape index (κ3) is 6.17. The maximum Gasteiger partial charge on any atom is 0.233 e. The Balaban J connectivity index is 0.00000106. The number of thiophene rings is 1. The number of anilines is 2. The van der Waals surface area contributed by atoms with E-state index in [1.54, 1.807) is 11.3 Å². The van der Waals surface area contributed by atoms with Crippen LogP contribution in [0.2, 0.25) is 0 Å². The molecule has 2 heterocycles.